The Morgan fingerprint density at radius 3 is 2.23 bits per heavy atom. The summed E-state index contributed by atoms with van der Waals surface area (Å²) in [5.41, 5.74) is 8.30. The molecule has 0 unspecified atom stereocenters. The van der Waals surface area contributed by atoms with Gasteiger partial charge in [-0.2, -0.15) is 4.57 Å². The van der Waals surface area contributed by atoms with Crippen LogP contribution in [0.3, 0.4) is 0 Å². The Kier molecular flexibility index (Phi) is 7.30. The number of fused-ring (bicyclic) bond motifs is 3. The number of para-hydroxylation sites is 1. The molecule has 0 radical (unpaired) electrons. The molecule has 1 aliphatic carbocycles. The lowest BCUT2D eigenvalue weighted by Gasteiger charge is -2.20. The van der Waals surface area contributed by atoms with Gasteiger partial charge in [0, 0.05) is 37.0 Å². The molecule has 0 atom stereocenters. The minimum atomic E-state index is -4.94. The first kappa shape index (κ1) is 23.2. The van der Waals surface area contributed by atoms with Crippen LogP contribution in [0.4, 0.5) is 5.69 Å². The summed E-state index contributed by atoms with van der Waals surface area (Å²) in [7, 11) is -0.778. The Bertz CT molecular complexity index is 1070. The molecule has 0 saturated carbocycles. The van der Waals surface area contributed by atoms with Crippen LogP contribution >= 0.6 is 0 Å². The van der Waals surface area contributed by atoms with Crippen LogP contribution in [-0.4, -0.2) is 14.1 Å². The number of hydrogen-bond donors (Lipinski definition) is 0. The highest BCUT2D eigenvalue weighted by molar-refractivity contribution is 5.96. The lowest BCUT2D eigenvalue weighted by atomic mass is 9.85. The zero-order chi connectivity index (χ0) is 22.6. The van der Waals surface area contributed by atoms with E-state index >= 15 is 0 Å². The van der Waals surface area contributed by atoms with E-state index in [-0.39, 0.29) is 0 Å². The van der Waals surface area contributed by atoms with Crippen molar-refractivity contribution in [1.29, 1.82) is 0 Å². The van der Waals surface area contributed by atoms with Gasteiger partial charge >= 0.3 is 0 Å². The van der Waals surface area contributed by atoms with E-state index in [2.05, 4.69) is 91.3 Å². The Hall–Kier alpha value is -2.48. The van der Waals surface area contributed by atoms with E-state index in [9.17, 15) is 0 Å². The Balaban J connectivity index is 0.000000491. The smallest absolute Gasteiger partial charge is 0.213 e. The number of aromatic nitrogens is 1. The molecule has 0 N–H and O–H groups in total. The second kappa shape index (κ2) is 9.77. The van der Waals surface area contributed by atoms with Crippen LogP contribution in [0.15, 0.2) is 54.7 Å². The molecule has 0 bridgehead atoms. The molecule has 3 aromatic rings. The van der Waals surface area contributed by atoms with Crippen molar-refractivity contribution in [2.45, 2.75) is 32.7 Å². The van der Waals surface area contributed by atoms with E-state index in [1.807, 2.05) is 0 Å². The molecule has 4 rings (SSSR count). The first-order valence-corrected chi connectivity index (χ1v) is 11.4. The number of anilines is 1. The summed E-state index contributed by atoms with van der Waals surface area (Å²) in [4.78, 5) is 2.14. The largest absolute Gasteiger partial charge is 0.378 e. The fourth-order valence-corrected chi connectivity index (χ4v) is 4.07. The van der Waals surface area contributed by atoms with Crippen LogP contribution in [0.25, 0.3) is 22.6 Å². The van der Waals surface area contributed by atoms with Crippen LogP contribution in [0, 0.1) is 10.2 Å². The summed E-state index contributed by atoms with van der Waals surface area (Å²) in [6.45, 7) is 3.24. The van der Waals surface area contributed by atoms with Crippen molar-refractivity contribution < 1.29 is 33.4 Å². The quantitative estimate of drug-likeness (QED) is 0.544. The van der Waals surface area contributed by atoms with Gasteiger partial charge in [-0.25, -0.2) is 18.6 Å². The summed E-state index contributed by atoms with van der Waals surface area (Å²) in [5.74, 6) is 0. The van der Waals surface area contributed by atoms with Gasteiger partial charge in [0.2, 0.25) is 5.52 Å². The normalized spacial score (nSPS) is 14.7. The molecule has 1 heterocycles. The topological polar surface area (TPSA) is 99.4 Å². The van der Waals surface area contributed by atoms with Crippen molar-refractivity contribution in [3.05, 3.63) is 71.4 Å². The lowest BCUT2D eigenvalue weighted by molar-refractivity contribution is -2.00. The van der Waals surface area contributed by atoms with E-state index in [1.165, 1.54) is 51.7 Å². The maximum absolute atomic E-state index is 8.49. The predicted octanol–water partition coefficient (Wildman–Crippen LogP) is 0.334. The third-order valence-corrected chi connectivity index (χ3v) is 5.42. The van der Waals surface area contributed by atoms with Gasteiger partial charge in [0.05, 0.1) is 5.39 Å². The van der Waals surface area contributed by atoms with E-state index in [0.29, 0.717) is 0 Å². The van der Waals surface area contributed by atoms with E-state index in [1.54, 1.807) is 0 Å². The fourth-order valence-electron chi connectivity index (χ4n) is 4.07. The maximum atomic E-state index is 8.49. The van der Waals surface area contributed by atoms with Gasteiger partial charge in [-0.15, -0.1) is 10.2 Å². The zero-order valence-corrected chi connectivity index (χ0v) is 18.8. The summed E-state index contributed by atoms with van der Waals surface area (Å²) in [5, 5.41) is 1.39. The monoisotopic (exact) mass is 442 g/mol. The number of allylic oxidation sites excluding steroid dienone is 1. The summed E-state index contributed by atoms with van der Waals surface area (Å²) in [6, 6.07) is 17.7. The van der Waals surface area contributed by atoms with Gasteiger partial charge in [0.25, 0.3) is 0 Å². The van der Waals surface area contributed by atoms with Crippen molar-refractivity contribution >= 4 is 28.2 Å². The van der Waals surface area contributed by atoms with Crippen molar-refractivity contribution in [2.24, 2.45) is 0 Å². The summed E-state index contributed by atoms with van der Waals surface area (Å²) in [6.07, 6.45) is 8.33. The fraction of sp³-hybridized carbons (Fsp3) is 0.292. The Morgan fingerprint density at radius 1 is 0.968 bits per heavy atom. The second-order valence-corrected chi connectivity index (χ2v) is 8.48. The molecule has 0 spiro atoms. The third kappa shape index (κ3) is 6.03. The van der Waals surface area contributed by atoms with Crippen LogP contribution in [0.1, 0.15) is 36.5 Å². The number of hydrogen-bond acceptors (Lipinski definition) is 5. The number of pyridine rings is 1. The molecule has 0 amide bonds. The molecule has 31 heavy (non-hydrogen) atoms. The summed E-state index contributed by atoms with van der Waals surface area (Å²) >= 11 is 0. The number of rotatable bonds is 3. The van der Waals surface area contributed by atoms with E-state index in [4.69, 9.17) is 18.6 Å². The van der Waals surface area contributed by atoms with Gasteiger partial charge in [0.15, 0.2) is 6.20 Å². The minimum Gasteiger partial charge on any atom is -0.378 e. The number of aryl methyl sites for hydroxylation is 2. The van der Waals surface area contributed by atoms with Gasteiger partial charge in [-0.05, 0) is 55.5 Å². The third-order valence-electron chi connectivity index (χ3n) is 5.42. The van der Waals surface area contributed by atoms with Crippen LogP contribution in [0.2, 0.25) is 0 Å². The molecule has 7 heteroatoms. The molecule has 6 nitrogen and oxygen atoms in total. The Morgan fingerprint density at radius 2 is 1.61 bits per heavy atom. The standard InChI is InChI=1S/C24H27N2.ClHO4/c1-4-26-17-20-9-7-8-19(24(20)22-10-5-6-11-23(22)26)16-18-12-14-21(15-13-18)25(2)3;2-1(3,4)5/h5-6,10-17H,4,7-9H2,1-3H3;(H,2,3,4,5)/q+1;/p-1. The number of benzene rings is 2. The van der Waals surface area contributed by atoms with Gasteiger partial charge in [-0.1, -0.05) is 30.3 Å². The van der Waals surface area contributed by atoms with Crippen LogP contribution in [0.5, 0.6) is 0 Å². The predicted molar refractivity (Wildman–Crippen MR) is 111 cm³/mol. The van der Waals surface area contributed by atoms with Gasteiger partial charge < -0.3 is 4.90 Å². The zero-order valence-electron chi connectivity index (χ0n) is 18.0. The average molecular weight is 443 g/mol. The SMILES string of the molecule is CC[n+]1cc2c(c3ccccc31)/C(=C\c1ccc(N(C)C)cc1)CCC2.[O-][Cl+3]([O-])([O-])[O-]. The highest BCUT2D eigenvalue weighted by Crippen LogP contribution is 2.36. The minimum absolute atomic E-state index is 1.01. The molecular formula is C24H27ClN2O4. The summed E-state index contributed by atoms with van der Waals surface area (Å²) < 4.78 is 36.4. The Labute approximate surface area is 185 Å². The van der Waals surface area contributed by atoms with Gasteiger partial charge in [0.1, 0.15) is 6.54 Å². The van der Waals surface area contributed by atoms with Crippen LogP contribution in [-0.2, 0) is 13.0 Å². The first-order chi connectivity index (χ1) is 14.7. The number of nitrogens with zero attached hydrogens (tertiary/aromatic N) is 2. The van der Waals surface area contributed by atoms with Crippen molar-refractivity contribution in [1.82, 2.24) is 0 Å². The van der Waals surface area contributed by atoms with E-state index in [0.717, 1.165) is 13.0 Å². The molecule has 2 aromatic carbocycles. The van der Waals surface area contributed by atoms with Crippen molar-refractivity contribution in [3.8, 4) is 0 Å². The molecule has 0 fully saturated rings. The van der Waals surface area contributed by atoms with Gasteiger partial charge in [-0.3, -0.25) is 0 Å². The molecule has 164 valence electrons. The highest BCUT2D eigenvalue weighted by Gasteiger charge is 2.22. The van der Waals surface area contributed by atoms with Crippen molar-refractivity contribution in [3.63, 3.8) is 0 Å². The first-order valence-electron chi connectivity index (χ1n) is 10.2. The number of halogens is 1. The van der Waals surface area contributed by atoms with E-state index < -0.39 is 10.2 Å². The average Bonchev–Trinajstić information content (AvgIpc) is 2.72. The molecular weight excluding hydrogens is 416 g/mol. The maximum Gasteiger partial charge on any atom is 0.213 e. The lowest BCUT2D eigenvalue weighted by Crippen LogP contribution is -2.68. The molecule has 1 aliphatic rings. The molecule has 0 saturated heterocycles. The molecule has 1 aromatic heterocycles. The highest BCUT2D eigenvalue weighted by atomic mass is 35.7. The van der Waals surface area contributed by atoms with Crippen LogP contribution < -0.4 is 28.1 Å². The second-order valence-electron chi connectivity index (χ2n) is 7.72. The molecule has 0 aliphatic heterocycles. The van der Waals surface area contributed by atoms with Crippen molar-refractivity contribution in [2.75, 3.05) is 19.0 Å².